The van der Waals surface area contributed by atoms with Gasteiger partial charge in [0.1, 0.15) is 5.82 Å². The first-order chi connectivity index (χ1) is 9.66. The monoisotopic (exact) mass is 289 g/mol. The molecule has 2 N–H and O–H groups in total. The number of carbonyl (C=O) groups excluding carboxylic acids is 1. The Kier molecular flexibility index (Phi) is 3.67. The van der Waals surface area contributed by atoms with Gasteiger partial charge in [0.25, 0.3) is 5.56 Å². The van der Waals surface area contributed by atoms with E-state index in [1.807, 2.05) is 20.8 Å². The number of aromatic nitrogens is 4. The van der Waals surface area contributed by atoms with Gasteiger partial charge in [0.2, 0.25) is 11.9 Å². The average molecular weight is 289 g/mol. The third-order valence-electron chi connectivity index (χ3n) is 2.81. The molecule has 21 heavy (non-hydrogen) atoms. The topological polar surface area (TPSA) is 92.7 Å². The SMILES string of the molecule is Cc1cc(=O)[nH]c(-n2nc(C)cc2NC(=O)C(C)(C)C)n1. The van der Waals surface area contributed by atoms with Gasteiger partial charge in [-0.25, -0.2) is 4.98 Å². The Labute approximate surface area is 122 Å². The second kappa shape index (κ2) is 5.16. The van der Waals surface area contributed by atoms with E-state index in [-0.39, 0.29) is 17.4 Å². The van der Waals surface area contributed by atoms with Crippen LogP contribution < -0.4 is 10.9 Å². The van der Waals surface area contributed by atoms with Crippen LogP contribution in [0.5, 0.6) is 0 Å². The van der Waals surface area contributed by atoms with Gasteiger partial charge in [-0.3, -0.25) is 14.6 Å². The molecule has 2 heterocycles. The van der Waals surface area contributed by atoms with E-state index in [4.69, 9.17) is 0 Å². The van der Waals surface area contributed by atoms with Crippen molar-refractivity contribution in [2.75, 3.05) is 5.32 Å². The van der Waals surface area contributed by atoms with Crippen LogP contribution in [0.2, 0.25) is 0 Å². The van der Waals surface area contributed by atoms with Crippen LogP contribution in [0.25, 0.3) is 5.95 Å². The lowest BCUT2D eigenvalue weighted by molar-refractivity contribution is -0.123. The van der Waals surface area contributed by atoms with E-state index in [0.29, 0.717) is 17.2 Å². The van der Waals surface area contributed by atoms with Crippen molar-refractivity contribution in [3.63, 3.8) is 0 Å². The summed E-state index contributed by atoms with van der Waals surface area (Å²) in [5.74, 6) is 0.608. The Bertz CT molecular complexity index is 737. The molecule has 0 atom stereocenters. The van der Waals surface area contributed by atoms with Gasteiger partial charge in [0.15, 0.2) is 0 Å². The Morgan fingerprint density at radius 2 is 1.90 bits per heavy atom. The molecular formula is C14H19N5O2. The molecule has 7 nitrogen and oxygen atoms in total. The molecule has 0 bridgehead atoms. The molecule has 0 spiro atoms. The average Bonchev–Trinajstić information content (AvgIpc) is 2.67. The van der Waals surface area contributed by atoms with E-state index >= 15 is 0 Å². The van der Waals surface area contributed by atoms with Gasteiger partial charge in [-0.15, -0.1) is 0 Å². The van der Waals surface area contributed by atoms with Crippen LogP contribution >= 0.6 is 0 Å². The number of nitrogens with one attached hydrogen (secondary N) is 2. The number of hydrogen-bond donors (Lipinski definition) is 2. The maximum absolute atomic E-state index is 12.1. The lowest BCUT2D eigenvalue weighted by Gasteiger charge is -2.17. The summed E-state index contributed by atoms with van der Waals surface area (Å²) in [5.41, 5.74) is 0.494. The van der Waals surface area contributed by atoms with Crippen molar-refractivity contribution in [3.8, 4) is 5.95 Å². The second-order valence-electron chi connectivity index (χ2n) is 6.00. The summed E-state index contributed by atoms with van der Waals surface area (Å²) in [7, 11) is 0. The Morgan fingerprint density at radius 3 is 2.48 bits per heavy atom. The molecule has 0 radical (unpaired) electrons. The third kappa shape index (κ3) is 3.36. The number of carbonyl (C=O) groups is 1. The van der Waals surface area contributed by atoms with Crippen molar-refractivity contribution in [2.45, 2.75) is 34.6 Å². The van der Waals surface area contributed by atoms with E-state index in [1.54, 1.807) is 19.9 Å². The van der Waals surface area contributed by atoms with Gasteiger partial charge in [-0.1, -0.05) is 20.8 Å². The molecule has 7 heteroatoms. The van der Waals surface area contributed by atoms with Gasteiger partial charge in [-0.05, 0) is 13.8 Å². The molecule has 0 aliphatic carbocycles. The highest BCUT2D eigenvalue weighted by molar-refractivity contribution is 5.94. The van der Waals surface area contributed by atoms with Crippen LogP contribution in [-0.4, -0.2) is 25.7 Å². The fourth-order valence-electron chi connectivity index (χ4n) is 1.72. The van der Waals surface area contributed by atoms with Gasteiger partial charge in [0, 0.05) is 23.2 Å². The predicted molar refractivity (Wildman–Crippen MR) is 79.5 cm³/mol. The Hall–Kier alpha value is -2.44. The maximum atomic E-state index is 12.1. The molecule has 0 saturated carbocycles. The lowest BCUT2D eigenvalue weighted by atomic mass is 9.96. The predicted octanol–water partition coefficient (Wildman–Crippen LogP) is 1.56. The number of amides is 1. The van der Waals surface area contributed by atoms with Crippen molar-refractivity contribution in [3.05, 3.63) is 33.9 Å². The van der Waals surface area contributed by atoms with Gasteiger partial charge in [-0.2, -0.15) is 9.78 Å². The maximum Gasteiger partial charge on any atom is 0.252 e. The zero-order valence-electron chi connectivity index (χ0n) is 12.8. The highest BCUT2D eigenvalue weighted by Gasteiger charge is 2.23. The smallest absolute Gasteiger partial charge is 0.252 e. The summed E-state index contributed by atoms with van der Waals surface area (Å²) in [5, 5.41) is 7.08. The van der Waals surface area contributed by atoms with Crippen molar-refractivity contribution >= 4 is 11.7 Å². The molecule has 0 fully saturated rings. The fraction of sp³-hybridized carbons (Fsp3) is 0.429. The molecule has 2 aromatic heterocycles. The van der Waals surface area contributed by atoms with E-state index in [0.717, 1.165) is 0 Å². The second-order valence-corrected chi connectivity index (χ2v) is 6.00. The molecule has 0 aliphatic heterocycles. The number of aromatic amines is 1. The highest BCUT2D eigenvalue weighted by atomic mass is 16.2. The van der Waals surface area contributed by atoms with E-state index in [2.05, 4.69) is 20.4 Å². The van der Waals surface area contributed by atoms with Crippen molar-refractivity contribution in [1.29, 1.82) is 0 Å². The van der Waals surface area contributed by atoms with Crippen LogP contribution in [0, 0.1) is 19.3 Å². The summed E-state index contributed by atoms with van der Waals surface area (Å²) in [6.07, 6.45) is 0. The third-order valence-corrected chi connectivity index (χ3v) is 2.81. The summed E-state index contributed by atoms with van der Waals surface area (Å²) in [6.45, 7) is 8.99. The first-order valence-electron chi connectivity index (χ1n) is 6.63. The van der Waals surface area contributed by atoms with E-state index < -0.39 is 5.41 Å². The molecule has 1 amide bonds. The van der Waals surface area contributed by atoms with Gasteiger partial charge >= 0.3 is 0 Å². The number of nitrogens with zero attached hydrogens (tertiary/aromatic N) is 3. The van der Waals surface area contributed by atoms with Crippen molar-refractivity contribution in [2.24, 2.45) is 5.41 Å². The zero-order valence-corrected chi connectivity index (χ0v) is 12.8. The summed E-state index contributed by atoms with van der Waals surface area (Å²) in [6, 6.07) is 3.12. The van der Waals surface area contributed by atoms with Crippen molar-refractivity contribution < 1.29 is 4.79 Å². The highest BCUT2D eigenvalue weighted by Crippen LogP contribution is 2.19. The normalized spacial score (nSPS) is 11.5. The number of aryl methyl sites for hydroxylation is 2. The Morgan fingerprint density at radius 1 is 1.24 bits per heavy atom. The molecule has 0 aliphatic rings. The molecule has 0 aromatic carbocycles. The number of H-pyrrole nitrogens is 1. The van der Waals surface area contributed by atoms with Crippen molar-refractivity contribution in [1.82, 2.24) is 19.7 Å². The first-order valence-corrected chi connectivity index (χ1v) is 6.63. The van der Waals surface area contributed by atoms with Crippen LogP contribution in [0.3, 0.4) is 0 Å². The minimum atomic E-state index is -0.531. The molecule has 2 rings (SSSR count). The molecule has 2 aromatic rings. The van der Waals surface area contributed by atoms with Crippen LogP contribution in [0.15, 0.2) is 16.9 Å². The van der Waals surface area contributed by atoms with E-state index in [1.165, 1.54) is 10.7 Å². The zero-order chi connectivity index (χ0) is 15.8. The standard InChI is InChI=1S/C14H19N5O2/c1-8-7-11(20)17-13(15-8)19-10(6-9(2)18-19)16-12(21)14(3,4)5/h6-7H,1-5H3,(H,16,21)(H,15,17,20). The number of hydrogen-bond acceptors (Lipinski definition) is 4. The molecule has 0 saturated heterocycles. The Balaban J connectivity index is 2.46. The minimum absolute atomic E-state index is 0.140. The summed E-state index contributed by atoms with van der Waals surface area (Å²) >= 11 is 0. The van der Waals surface area contributed by atoms with E-state index in [9.17, 15) is 9.59 Å². The first kappa shape index (κ1) is 15.0. The lowest BCUT2D eigenvalue weighted by Crippen LogP contribution is -2.29. The number of rotatable bonds is 2. The van der Waals surface area contributed by atoms with Gasteiger partial charge in [0.05, 0.1) is 5.69 Å². The van der Waals surface area contributed by atoms with Gasteiger partial charge < -0.3 is 5.32 Å². The largest absolute Gasteiger partial charge is 0.310 e. The minimum Gasteiger partial charge on any atom is -0.310 e. The molecular weight excluding hydrogens is 270 g/mol. The van der Waals surface area contributed by atoms with Crippen LogP contribution in [0.1, 0.15) is 32.2 Å². The van der Waals surface area contributed by atoms with Crippen LogP contribution in [-0.2, 0) is 4.79 Å². The fourth-order valence-corrected chi connectivity index (χ4v) is 1.72. The van der Waals surface area contributed by atoms with Crippen LogP contribution in [0.4, 0.5) is 5.82 Å². The molecule has 0 unspecified atom stereocenters. The quantitative estimate of drug-likeness (QED) is 0.877. The number of anilines is 1. The summed E-state index contributed by atoms with van der Waals surface area (Å²) < 4.78 is 1.42. The molecule has 112 valence electrons. The summed E-state index contributed by atoms with van der Waals surface area (Å²) in [4.78, 5) is 30.5.